The second-order valence-electron chi connectivity index (χ2n) is 7.89. The van der Waals surface area contributed by atoms with Crippen LogP contribution in [0, 0.1) is 6.92 Å². The van der Waals surface area contributed by atoms with Crippen LogP contribution in [0.25, 0.3) is 10.8 Å². The van der Waals surface area contributed by atoms with Crippen LogP contribution in [0.15, 0.2) is 75.8 Å². The summed E-state index contributed by atoms with van der Waals surface area (Å²) in [6.45, 7) is 1.58. The molecule has 0 heterocycles. The summed E-state index contributed by atoms with van der Waals surface area (Å²) in [6.07, 6.45) is 0. The monoisotopic (exact) mass is 581 g/mol. The molecule has 13 heteroatoms. The first-order valence-electron chi connectivity index (χ1n) is 10.6. The van der Waals surface area contributed by atoms with Crippen molar-refractivity contribution in [1.82, 2.24) is 0 Å². The minimum Gasteiger partial charge on any atom is -0.870 e. The molecule has 0 saturated heterocycles. The van der Waals surface area contributed by atoms with Crippen LogP contribution in [-0.2, 0) is 10.1 Å². The van der Waals surface area contributed by atoms with E-state index in [9.17, 15) is 22.9 Å². The number of halogens is 2. The summed E-state index contributed by atoms with van der Waals surface area (Å²) in [5.41, 5.74) is 0.203. The quantitative estimate of drug-likeness (QED) is 0.203. The Morgan fingerprint density at radius 1 is 1.05 bits per heavy atom. The van der Waals surface area contributed by atoms with Crippen molar-refractivity contribution in [2.75, 3.05) is 12.4 Å². The van der Waals surface area contributed by atoms with Crippen molar-refractivity contribution >= 4 is 67.1 Å². The van der Waals surface area contributed by atoms with E-state index >= 15 is 0 Å². The van der Waals surface area contributed by atoms with Gasteiger partial charge in [-0.2, -0.15) is 13.5 Å². The number of amides is 1. The van der Waals surface area contributed by atoms with E-state index in [-0.39, 0.29) is 62.2 Å². The molecule has 190 valence electrons. The van der Waals surface area contributed by atoms with Crippen molar-refractivity contribution in [1.29, 1.82) is 0 Å². The average molecular weight is 582 g/mol. The van der Waals surface area contributed by atoms with Gasteiger partial charge in [0.1, 0.15) is 16.3 Å². The minimum absolute atomic E-state index is 0. The van der Waals surface area contributed by atoms with Gasteiger partial charge in [-0.3, -0.25) is 9.35 Å². The smallest absolute Gasteiger partial charge is 0.870 e. The number of rotatable bonds is 6. The fourth-order valence-electron chi connectivity index (χ4n) is 3.58. The van der Waals surface area contributed by atoms with E-state index in [1.54, 1.807) is 43.3 Å². The molecule has 0 fully saturated rings. The van der Waals surface area contributed by atoms with Crippen LogP contribution in [0.5, 0.6) is 11.5 Å². The number of hydrogen-bond donors (Lipinski definition) is 2. The van der Waals surface area contributed by atoms with Gasteiger partial charge in [-0.25, -0.2) is 0 Å². The van der Waals surface area contributed by atoms with Crippen molar-refractivity contribution in [2.24, 2.45) is 10.2 Å². The topological polar surface area (TPSA) is 140 Å². The Morgan fingerprint density at radius 2 is 1.76 bits per heavy atom. The maximum absolute atomic E-state index is 13.4. The Morgan fingerprint density at radius 3 is 2.45 bits per heavy atom. The van der Waals surface area contributed by atoms with Crippen molar-refractivity contribution in [3.63, 3.8) is 0 Å². The van der Waals surface area contributed by atoms with Gasteiger partial charge >= 0.3 is 29.6 Å². The molecule has 0 aromatic heterocycles. The molecular formula is C25H18Cl2N3NaO6S. The number of ether oxygens (including phenoxy) is 1. The maximum Gasteiger partial charge on any atom is 1.00 e. The average Bonchev–Trinajstić information content (AvgIpc) is 2.85. The van der Waals surface area contributed by atoms with Crippen molar-refractivity contribution < 1.29 is 57.2 Å². The van der Waals surface area contributed by atoms with Crippen LogP contribution in [0.1, 0.15) is 15.9 Å². The summed E-state index contributed by atoms with van der Waals surface area (Å²) < 4.78 is 38.0. The summed E-state index contributed by atoms with van der Waals surface area (Å²) in [5.74, 6) is -1.00. The number of methoxy groups -OCH3 is 1. The van der Waals surface area contributed by atoms with Gasteiger partial charge < -0.3 is 15.2 Å². The molecule has 4 aromatic carbocycles. The van der Waals surface area contributed by atoms with Gasteiger partial charge in [-0.15, -0.1) is 5.11 Å². The number of aryl methyl sites for hydroxylation is 1. The van der Waals surface area contributed by atoms with E-state index in [4.69, 9.17) is 27.9 Å². The Labute approximate surface area is 250 Å². The summed E-state index contributed by atoms with van der Waals surface area (Å²) in [7, 11) is -3.17. The fourth-order valence-corrected chi connectivity index (χ4v) is 4.85. The van der Waals surface area contributed by atoms with Crippen molar-refractivity contribution in [3.05, 3.63) is 81.8 Å². The first-order valence-corrected chi connectivity index (χ1v) is 12.8. The molecule has 2 N–H and O–H groups in total. The number of nitrogens with zero attached hydrogens (tertiary/aromatic N) is 2. The molecular weight excluding hydrogens is 564 g/mol. The molecule has 4 rings (SSSR count). The van der Waals surface area contributed by atoms with Crippen LogP contribution in [-0.4, -0.2) is 26.0 Å². The summed E-state index contributed by atoms with van der Waals surface area (Å²) >= 11 is 12.3. The number of benzene rings is 4. The number of hydrogen-bond acceptors (Lipinski definition) is 7. The van der Waals surface area contributed by atoms with Gasteiger partial charge in [-0.05, 0) is 48.2 Å². The number of azo groups is 1. The summed E-state index contributed by atoms with van der Waals surface area (Å²) in [4.78, 5) is 12.6. The molecule has 4 aromatic rings. The van der Waals surface area contributed by atoms with E-state index < -0.39 is 26.7 Å². The van der Waals surface area contributed by atoms with E-state index in [1.807, 2.05) is 0 Å². The fraction of sp³-hybridized carbons (Fsp3) is 0.0800. The zero-order valence-electron chi connectivity index (χ0n) is 20.3. The maximum atomic E-state index is 13.4. The molecule has 0 aliphatic heterocycles. The summed E-state index contributed by atoms with van der Waals surface area (Å²) in [6, 6.07) is 15.5. The van der Waals surface area contributed by atoms with Crippen LogP contribution in [0.2, 0.25) is 10.0 Å². The third-order valence-corrected chi connectivity index (χ3v) is 7.06. The predicted octanol–water partition coefficient (Wildman–Crippen LogP) is 3.46. The van der Waals surface area contributed by atoms with E-state index in [0.717, 1.165) is 0 Å². The second-order valence-corrected chi connectivity index (χ2v) is 10.1. The molecule has 0 spiro atoms. The van der Waals surface area contributed by atoms with Crippen LogP contribution < -0.4 is 44.7 Å². The van der Waals surface area contributed by atoms with E-state index in [2.05, 4.69) is 15.5 Å². The molecule has 0 aliphatic carbocycles. The minimum atomic E-state index is -4.63. The Bertz CT molecular complexity index is 1700. The molecule has 1 amide bonds. The van der Waals surface area contributed by atoms with Gasteiger partial charge in [-0.1, -0.05) is 53.2 Å². The Kier molecular flexibility index (Phi) is 9.43. The van der Waals surface area contributed by atoms with Gasteiger partial charge in [0.05, 0.1) is 28.5 Å². The summed E-state index contributed by atoms with van der Waals surface area (Å²) in [5, 5.41) is 24.9. The zero-order valence-corrected chi connectivity index (χ0v) is 24.6. The van der Waals surface area contributed by atoms with Gasteiger partial charge in [0.2, 0.25) is 0 Å². The zero-order chi connectivity index (χ0) is 26.9. The normalized spacial score (nSPS) is 11.4. The molecule has 38 heavy (non-hydrogen) atoms. The van der Waals surface area contributed by atoms with Gasteiger partial charge in [0.25, 0.3) is 16.0 Å². The SMILES string of the molecule is COc1ccc(Cl)c(NC(=O)c2cc3ccccc3c(N=Nc3cc(C)cc(S(=O)(=O)O)c3Cl)c2[O-])c1.[Na+]. The van der Waals surface area contributed by atoms with Crippen molar-refractivity contribution in [2.45, 2.75) is 11.8 Å². The number of fused-ring (bicyclic) bond motifs is 1. The molecule has 0 bridgehead atoms. The third-order valence-electron chi connectivity index (χ3n) is 5.34. The first kappa shape index (κ1) is 29.9. The largest absolute Gasteiger partial charge is 1.00 e. The molecule has 0 unspecified atom stereocenters. The van der Waals surface area contributed by atoms with E-state index in [1.165, 1.54) is 31.4 Å². The van der Waals surface area contributed by atoms with Crippen LogP contribution in [0.3, 0.4) is 0 Å². The van der Waals surface area contributed by atoms with Gasteiger partial charge in [0, 0.05) is 17.0 Å². The number of anilines is 1. The van der Waals surface area contributed by atoms with Crippen molar-refractivity contribution in [3.8, 4) is 11.5 Å². The Balaban J connectivity index is 0.00000400. The van der Waals surface area contributed by atoms with E-state index in [0.29, 0.717) is 22.1 Å². The predicted molar refractivity (Wildman–Crippen MR) is 140 cm³/mol. The molecule has 0 saturated carbocycles. The van der Waals surface area contributed by atoms with Crippen LogP contribution in [0.4, 0.5) is 17.1 Å². The Hall–Kier alpha value is -2.70. The number of carbonyl (C=O) groups is 1. The first-order chi connectivity index (χ1) is 17.5. The third kappa shape index (κ3) is 6.29. The van der Waals surface area contributed by atoms with Gasteiger partial charge in [0.15, 0.2) is 0 Å². The van der Waals surface area contributed by atoms with Crippen LogP contribution >= 0.6 is 23.2 Å². The molecule has 0 atom stereocenters. The number of carbonyl (C=O) groups excluding carboxylic acids is 1. The molecule has 0 radical (unpaired) electrons. The molecule has 0 aliphatic rings. The molecule has 9 nitrogen and oxygen atoms in total. The second kappa shape index (κ2) is 12.0. The standard InChI is InChI=1S/C25H19Cl2N3O6S.Na/c1-13-9-20(22(27)21(10-13)37(33,34)35)29-30-23-16-6-4-3-5-14(16)11-17(24(23)31)25(32)28-19-12-15(36-2)7-8-18(19)26;/h3-12,31H,1-2H3,(H,28,32)(H,33,34,35);/q;+1/p-1. The number of nitrogens with one attached hydrogen (secondary N) is 1.